The number of methoxy groups -OCH3 is 1. The van der Waals surface area contributed by atoms with Crippen molar-refractivity contribution in [3.63, 3.8) is 0 Å². The first-order valence-electron chi connectivity index (χ1n) is 7.09. The standard InChI is InChI=1S/C15H14ClF2N5O/c1-8(9-5-10(16)7-11(6-9)24-2)19-12-3-4-13-20-21-15(14(17)18)23(13)22-12/h3-8,14H,1-2H3,(H,19,22)/t8-/m1/s1. The zero-order valence-corrected chi connectivity index (χ0v) is 13.6. The Morgan fingerprint density at radius 2 is 2.00 bits per heavy atom. The van der Waals surface area contributed by atoms with Crippen molar-refractivity contribution in [1.29, 1.82) is 0 Å². The van der Waals surface area contributed by atoms with Crippen LogP contribution in [0.5, 0.6) is 5.75 Å². The highest BCUT2D eigenvalue weighted by Gasteiger charge is 2.17. The van der Waals surface area contributed by atoms with Crippen LogP contribution in [0, 0.1) is 0 Å². The number of rotatable bonds is 5. The van der Waals surface area contributed by atoms with Crippen molar-refractivity contribution in [1.82, 2.24) is 19.8 Å². The molecular weight excluding hydrogens is 340 g/mol. The highest BCUT2D eigenvalue weighted by Crippen LogP contribution is 2.27. The first-order valence-corrected chi connectivity index (χ1v) is 7.47. The molecule has 0 saturated carbocycles. The van der Waals surface area contributed by atoms with Gasteiger partial charge in [0.2, 0.25) is 5.82 Å². The van der Waals surface area contributed by atoms with Gasteiger partial charge < -0.3 is 10.1 Å². The number of benzene rings is 1. The van der Waals surface area contributed by atoms with Gasteiger partial charge in [0.25, 0.3) is 6.43 Å². The van der Waals surface area contributed by atoms with Crippen LogP contribution >= 0.6 is 11.6 Å². The maximum atomic E-state index is 12.9. The molecule has 0 amide bonds. The average Bonchev–Trinajstić information content (AvgIpc) is 2.97. The number of hydrogen-bond donors (Lipinski definition) is 1. The van der Waals surface area contributed by atoms with Gasteiger partial charge in [-0.2, -0.15) is 4.52 Å². The molecule has 0 bridgehead atoms. The largest absolute Gasteiger partial charge is 0.497 e. The van der Waals surface area contributed by atoms with Gasteiger partial charge in [0.15, 0.2) is 5.65 Å². The van der Waals surface area contributed by atoms with Crippen molar-refractivity contribution in [2.24, 2.45) is 0 Å². The molecule has 3 aromatic rings. The minimum Gasteiger partial charge on any atom is -0.497 e. The monoisotopic (exact) mass is 353 g/mol. The van der Waals surface area contributed by atoms with E-state index in [-0.39, 0.29) is 11.7 Å². The van der Waals surface area contributed by atoms with Crippen molar-refractivity contribution >= 4 is 23.1 Å². The molecule has 0 unspecified atom stereocenters. The molecule has 0 aliphatic rings. The topological polar surface area (TPSA) is 64.3 Å². The molecule has 6 nitrogen and oxygen atoms in total. The van der Waals surface area contributed by atoms with Crippen molar-refractivity contribution in [2.45, 2.75) is 19.4 Å². The second kappa shape index (κ2) is 6.56. The first kappa shape index (κ1) is 16.4. The lowest BCUT2D eigenvalue weighted by Gasteiger charge is -2.16. The molecule has 2 aromatic heterocycles. The molecule has 0 saturated heterocycles. The smallest absolute Gasteiger partial charge is 0.299 e. The summed E-state index contributed by atoms with van der Waals surface area (Å²) in [5.41, 5.74) is 1.13. The lowest BCUT2D eigenvalue weighted by molar-refractivity contribution is 0.137. The summed E-state index contributed by atoms with van der Waals surface area (Å²) >= 11 is 6.07. The van der Waals surface area contributed by atoms with Crippen molar-refractivity contribution in [3.8, 4) is 5.75 Å². The average molecular weight is 354 g/mol. The van der Waals surface area contributed by atoms with Crippen LogP contribution in [0.15, 0.2) is 30.3 Å². The molecule has 1 N–H and O–H groups in total. The van der Waals surface area contributed by atoms with E-state index in [0.29, 0.717) is 16.6 Å². The summed E-state index contributed by atoms with van der Waals surface area (Å²) in [5, 5.41) is 14.9. The maximum absolute atomic E-state index is 12.9. The van der Waals surface area contributed by atoms with Crippen molar-refractivity contribution in [2.75, 3.05) is 12.4 Å². The van der Waals surface area contributed by atoms with Gasteiger partial charge in [-0.25, -0.2) is 8.78 Å². The van der Waals surface area contributed by atoms with E-state index >= 15 is 0 Å². The van der Waals surface area contributed by atoms with Crippen LogP contribution in [-0.4, -0.2) is 26.9 Å². The molecule has 0 aliphatic carbocycles. The van der Waals surface area contributed by atoms with Gasteiger partial charge in [0.05, 0.1) is 13.2 Å². The third-order valence-corrected chi connectivity index (χ3v) is 3.69. The van der Waals surface area contributed by atoms with Crippen LogP contribution < -0.4 is 10.1 Å². The van der Waals surface area contributed by atoms with Gasteiger partial charge in [-0.05, 0) is 42.8 Å². The zero-order valence-electron chi connectivity index (χ0n) is 12.9. The van der Waals surface area contributed by atoms with E-state index in [1.165, 1.54) is 0 Å². The molecule has 0 fully saturated rings. The molecule has 2 heterocycles. The van der Waals surface area contributed by atoms with Crippen LogP contribution in [0.1, 0.15) is 30.8 Å². The summed E-state index contributed by atoms with van der Waals surface area (Å²) in [6.45, 7) is 1.90. The number of nitrogens with one attached hydrogen (secondary N) is 1. The summed E-state index contributed by atoms with van der Waals surface area (Å²) in [7, 11) is 1.56. The second-order valence-corrected chi connectivity index (χ2v) is 5.57. The molecule has 24 heavy (non-hydrogen) atoms. The maximum Gasteiger partial charge on any atom is 0.299 e. The quantitative estimate of drug-likeness (QED) is 0.753. The van der Waals surface area contributed by atoms with Crippen LogP contribution in [0.2, 0.25) is 5.02 Å². The van der Waals surface area contributed by atoms with Gasteiger partial charge >= 0.3 is 0 Å². The van der Waals surface area contributed by atoms with Crippen LogP contribution in [-0.2, 0) is 0 Å². The Labute approximate surface area is 141 Å². The normalized spacial score (nSPS) is 12.6. The van der Waals surface area contributed by atoms with Crippen LogP contribution in [0.25, 0.3) is 5.65 Å². The Morgan fingerprint density at radius 3 is 2.71 bits per heavy atom. The minimum atomic E-state index is -2.75. The second-order valence-electron chi connectivity index (χ2n) is 5.14. The molecule has 0 spiro atoms. The molecule has 126 valence electrons. The predicted molar refractivity (Wildman–Crippen MR) is 85.8 cm³/mol. The Kier molecular flexibility index (Phi) is 4.48. The Balaban J connectivity index is 1.89. The van der Waals surface area contributed by atoms with Gasteiger partial charge in [-0.1, -0.05) is 11.6 Å². The number of ether oxygens (including phenoxy) is 1. The van der Waals surface area contributed by atoms with E-state index in [9.17, 15) is 8.78 Å². The number of nitrogens with zero attached hydrogens (tertiary/aromatic N) is 4. The summed E-state index contributed by atoms with van der Waals surface area (Å²) in [6.07, 6.45) is -2.75. The Hall–Kier alpha value is -2.48. The summed E-state index contributed by atoms with van der Waals surface area (Å²) in [5.74, 6) is 0.551. The van der Waals surface area contributed by atoms with E-state index in [1.54, 1.807) is 31.4 Å². The summed E-state index contributed by atoms with van der Waals surface area (Å²) < 4.78 is 32.0. The van der Waals surface area contributed by atoms with Crippen LogP contribution in [0.3, 0.4) is 0 Å². The van der Waals surface area contributed by atoms with Gasteiger partial charge in [0.1, 0.15) is 11.6 Å². The number of halogens is 3. The van der Waals surface area contributed by atoms with Gasteiger partial charge in [0, 0.05) is 5.02 Å². The molecule has 3 rings (SSSR count). The molecular formula is C15H14ClF2N5O. The van der Waals surface area contributed by atoms with Crippen LogP contribution in [0.4, 0.5) is 14.6 Å². The van der Waals surface area contributed by atoms with Gasteiger partial charge in [-0.3, -0.25) is 0 Å². The minimum absolute atomic E-state index is 0.172. The van der Waals surface area contributed by atoms with E-state index in [0.717, 1.165) is 10.1 Å². The SMILES string of the molecule is COc1cc(Cl)cc([C@@H](C)Nc2ccc3nnc(C(F)F)n3n2)c1. The summed E-state index contributed by atoms with van der Waals surface area (Å²) in [6, 6.07) is 8.38. The highest BCUT2D eigenvalue weighted by molar-refractivity contribution is 6.30. The summed E-state index contributed by atoms with van der Waals surface area (Å²) in [4.78, 5) is 0. The number of alkyl halides is 2. The first-order chi connectivity index (χ1) is 11.5. The third kappa shape index (κ3) is 3.23. The fourth-order valence-corrected chi connectivity index (χ4v) is 2.51. The van der Waals surface area contributed by atoms with E-state index < -0.39 is 12.2 Å². The number of fused-ring (bicyclic) bond motifs is 1. The highest BCUT2D eigenvalue weighted by atomic mass is 35.5. The lowest BCUT2D eigenvalue weighted by atomic mass is 10.1. The van der Waals surface area contributed by atoms with E-state index in [1.807, 2.05) is 13.0 Å². The molecule has 9 heteroatoms. The fraction of sp³-hybridized carbons (Fsp3) is 0.267. The molecule has 0 aliphatic heterocycles. The molecule has 1 aromatic carbocycles. The Bertz CT molecular complexity index is 870. The van der Waals surface area contributed by atoms with Crippen molar-refractivity contribution in [3.05, 3.63) is 46.7 Å². The molecule has 0 radical (unpaired) electrons. The molecule has 1 atom stereocenters. The number of hydrogen-bond acceptors (Lipinski definition) is 5. The Morgan fingerprint density at radius 1 is 1.21 bits per heavy atom. The van der Waals surface area contributed by atoms with E-state index in [4.69, 9.17) is 16.3 Å². The lowest BCUT2D eigenvalue weighted by Crippen LogP contribution is -2.10. The fourth-order valence-electron chi connectivity index (χ4n) is 2.28. The third-order valence-electron chi connectivity index (χ3n) is 3.48. The van der Waals surface area contributed by atoms with Gasteiger partial charge in [-0.15, -0.1) is 15.3 Å². The number of aromatic nitrogens is 4. The zero-order chi connectivity index (χ0) is 17.3. The predicted octanol–water partition coefficient (Wildman–Crippen LogP) is 3.90. The van der Waals surface area contributed by atoms with Crippen molar-refractivity contribution < 1.29 is 13.5 Å². The number of anilines is 1. The van der Waals surface area contributed by atoms with E-state index in [2.05, 4.69) is 20.6 Å².